The lowest BCUT2D eigenvalue weighted by Crippen LogP contribution is -2.30. The SMILES string of the molecule is CC/C=C\C/C=C\C/C=C\C/C=C\C/C=C\C/C=C\C/C=C\C/C=C\C/C=C\CCCCCC(=O)OCC(COC(=O)CCCCCCC/C=C\CCCCC)OC(=O)CCCCCCCCC/C=C\CCCCCCCCC. The van der Waals surface area contributed by atoms with Crippen molar-refractivity contribution in [2.24, 2.45) is 0 Å². The summed E-state index contributed by atoms with van der Waals surface area (Å²) in [4.78, 5) is 38.3. The highest BCUT2D eigenvalue weighted by molar-refractivity contribution is 5.71. The van der Waals surface area contributed by atoms with Gasteiger partial charge in [0.05, 0.1) is 0 Å². The molecule has 6 heteroatoms. The number of ether oxygens (including phenoxy) is 3. The number of carbonyl (C=O) groups excluding carboxylic acids is 3. The Bertz CT molecular complexity index is 1680. The average Bonchev–Trinajstić information content (AvgIpc) is 3.45. The van der Waals surface area contributed by atoms with E-state index in [9.17, 15) is 14.4 Å². The molecule has 0 rings (SSSR count). The van der Waals surface area contributed by atoms with Gasteiger partial charge >= 0.3 is 17.9 Å². The Morgan fingerprint density at radius 3 is 0.823 bits per heavy atom. The van der Waals surface area contributed by atoms with Gasteiger partial charge in [-0.3, -0.25) is 14.4 Å². The first kappa shape index (κ1) is 74.5. The molecule has 1 unspecified atom stereocenters. The van der Waals surface area contributed by atoms with E-state index in [4.69, 9.17) is 14.2 Å². The van der Waals surface area contributed by atoms with Gasteiger partial charge < -0.3 is 14.2 Å². The van der Waals surface area contributed by atoms with Crippen molar-refractivity contribution < 1.29 is 28.6 Å². The van der Waals surface area contributed by atoms with Crippen LogP contribution in [0.3, 0.4) is 0 Å². The predicted molar refractivity (Wildman–Crippen MR) is 343 cm³/mol. The highest BCUT2D eigenvalue weighted by atomic mass is 16.6. The maximum absolute atomic E-state index is 12.9. The van der Waals surface area contributed by atoms with E-state index in [0.29, 0.717) is 19.3 Å². The first-order chi connectivity index (χ1) is 39.0. The van der Waals surface area contributed by atoms with Crippen molar-refractivity contribution >= 4 is 17.9 Å². The van der Waals surface area contributed by atoms with Gasteiger partial charge in [0.2, 0.25) is 0 Å². The van der Waals surface area contributed by atoms with Crippen LogP contribution >= 0.6 is 0 Å². The highest BCUT2D eigenvalue weighted by Gasteiger charge is 2.19. The van der Waals surface area contributed by atoms with Crippen LogP contribution in [0.25, 0.3) is 0 Å². The van der Waals surface area contributed by atoms with Crippen molar-refractivity contribution in [2.75, 3.05) is 13.2 Å². The second kappa shape index (κ2) is 66.1. The molecular formula is C73H120O6. The van der Waals surface area contributed by atoms with E-state index in [1.165, 1.54) is 116 Å². The Labute approximate surface area is 487 Å². The van der Waals surface area contributed by atoms with Crippen molar-refractivity contribution in [3.8, 4) is 0 Å². The minimum absolute atomic E-state index is 0.0972. The Hall–Kier alpha value is -4.45. The van der Waals surface area contributed by atoms with Crippen LogP contribution < -0.4 is 0 Å². The van der Waals surface area contributed by atoms with Gasteiger partial charge in [-0.1, -0.05) is 264 Å². The molecule has 1 atom stereocenters. The third-order valence-electron chi connectivity index (χ3n) is 13.6. The molecule has 0 spiro atoms. The molecule has 0 saturated heterocycles. The van der Waals surface area contributed by atoms with Gasteiger partial charge in [-0.15, -0.1) is 0 Å². The lowest BCUT2D eigenvalue weighted by molar-refractivity contribution is -0.167. The minimum atomic E-state index is -0.802. The predicted octanol–water partition coefficient (Wildman–Crippen LogP) is 22.5. The maximum Gasteiger partial charge on any atom is 0.306 e. The van der Waals surface area contributed by atoms with Gasteiger partial charge in [-0.2, -0.15) is 0 Å². The molecule has 79 heavy (non-hydrogen) atoms. The molecule has 0 aliphatic rings. The van der Waals surface area contributed by atoms with E-state index in [0.717, 1.165) is 135 Å². The Morgan fingerprint density at radius 1 is 0.266 bits per heavy atom. The smallest absolute Gasteiger partial charge is 0.306 e. The molecule has 0 aromatic heterocycles. The zero-order valence-electron chi connectivity index (χ0n) is 51.3. The minimum Gasteiger partial charge on any atom is -0.462 e. The second-order valence-electron chi connectivity index (χ2n) is 21.3. The summed E-state index contributed by atoms with van der Waals surface area (Å²) >= 11 is 0. The summed E-state index contributed by atoms with van der Waals surface area (Å²) in [6, 6.07) is 0. The van der Waals surface area contributed by atoms with Gasteiger partial charge in [0.25, 0.3) is 0 Å². The summed E-state index contributed by atoms with van der Waals surface area (Å²) < 4.78 is 16.9. The Morgan fingerprint density at radius 2 is 0.494 bits per heavy atom. The van der Waals surface area contributed by atoms with Crippen LogP contribution in [-0.2, 0) is 28.6 Å². The van der Waals surface area contributed by atoms with Gasteiger partial charge in [-0.05, 0) is 141 Å². The molecule has 448 valence electrons. The van der Waals surface area contributed by atoms with Crippen LogP contribution in [0.15, 0.2) is 134 Å². The van der Waals surface area contributed by atoms with E-state index in [1.54, 1.807) is 0 Å². The largest absolute Gasteiger partial charge is 0.462 e. The molecule has 0 heterocycles. The monoisotopic (exact) mass is 1090 g/mol. The molecule has 0 radical (unpaired) electrons. The van der Waals surface area contributed by atoms with E-state index < -0.39 is 6.10 Å². The fourth-order valence-corrected chi connectivity index (χ4v) is 8.72. The zero-order chi connectivity index (χ0) is 57.1. The summed E-state index contributed by atoms with van der Waals surface area (Å²) in [5, 5.41) is 0. The van der Waals surface area contributed by atoms with Crippen molar-refractivity contribution in [2.45, 2.75) is 297 Å². The lowest BCUT2D eigenvalue weighted by Gasteiger charge is -2.18. The Balaban J connectivity index is 4.38. The number of esters is 3. The normalized spacial score (nSPS) is 13.0. The van der Waals surface area contributed by atoms with Crippen LogP contribution in [0.1, 0.15) is 290 Å². The molecule has 0 aliphatic heterocycles. The first-order valence-electron chi connectivity index (χ1n) is 32.7. The van der Waals surface area contributed by atoms with Crippen LogP contribution in [0.5, 0.6) is 0 Å². The standard InChI is InChI=1S/C73H120O6/c1-4-7-10-13-16-19-22-25-27-29-31-32-33-34-35-36-37-38-39-40-41-42-43-45-46-48-51-54-57-60-63-66-72(75)78-69-70(68-77-71(74)65-62-59-56-53-50-24-21-18-15-12-9-6-3)79-73(76)67-64-61-58-55-52-49-47-44-30-28-26-23-20-17-14-11-8-5-2/h7,10,16,18-19,21,25,27-28,30-32,34-35,37-38,40-41,43,45,48,51,70H,4-6,8-9,11-15,17,20,22-24,26,29,33,36,39,42,44,46-47,49-50,52-69H2,1-3H3/b10-7-,19-16-,21-18-,27-25-,30-28-,32-31-,35-34-,38-37-,41-40-,45-43-,51-48-. The molecule has 0 bridgehead atoms. The summed E-state index contributed by atoms with van der Waals surface area (Å²) in [6.45, 7) is 6.47. The molecule has 0 saturated carbocycles. The van der Waals surface area contributed by atoms with Crippen LogP contribution in [-0.4, -0.2) is 37.2 Å². The van der Waals surface area contributed by atoms with Gasteiger partial charge in [-0.25, -0.2) is 0 Å². The zero-order valence-corrected chi connectivity index (χ0v) is 51.3. The fraction of sp³-hybridized carbons (Fsp3) is 0.658. The first-order valence-corrected chi connectivity index (χ1v) is 32.7. The maximum atomic E-state index is 12.9. The fourth-order valence-electron chi connectivity index (χ4n) is 8.72. The summed E-state index contributed by atoms with van der Waals surface area (Å²) in [5.74, 6) is -0.942. The van der Waals surface area contributed by atoms with Crippen molar-refractivity contribution in [3.63, 3.8) is 0 Å². The summed E-state index contributed by atoms with van der Waals surface area (Å²) in [6.07, 6.45) is 93.2. The van der Waals surface area contributed by atoms with Gasteiger partial charge in [0.1, 0.15) is 13.2 Å². The number of carbonyl (C=O) groups is 3. The lowest BCUT2D eigenvalue weighted by atomic mass is 10.1. The highest BCUT2D eigenvalue weighted by Crippen LogP contribution is 2.15. The van der Waals surface area contributed by atoms with E-state index in [1.807, 2.05) is 0 Å². The quantitative estimate of drug-likeness (QED) is 0.0261. The van der Waals surface area contributed by atoms with Gasteiger partial charge in [0.15, 0.2) is 6.10 Å². The molecule has 0 N–H and O–H groups in total. The second-order valence-corrected chi connectivity index (χ2v) is 21.3. The molecule has 0 amide bonds. The van der Waals surface area contributed by atoms with E-state index >= 15 is 0 Å². The van der Waals surface area contributed by atoms with E-state index in [2.05, 4.69) is 154 Å². The molecule has 6 nitrogen and oxygen atoms in total. The van der Waals surface area contributed by atoms with Crippen LogP contribution in [0.2, 0.25) is 0 Å². The van der Waals surface area contributed by atoms with Crippen molar-refractivity contribution in [1.82, 2.24) is 0 Å². The molecule has 0 aliphatic carbocycles. The average molecular weight is 1090 g/mol. The van der Waals surface area contributed by atoms with Gasteiger partial charge in [0, 0.05) is 19.3 Å². The molecule has 0 aromatic rings. The number of hydrogen-bond donors (Lipinski definition) is 0. The molecule has 0 fully saturated rings. The third kappa shape index (κ3) is 64.3. The summed E-state index contributed by atoms with van der Waals surface area (Å²) in [5.41, 5.74) is 0. The molecule has 0 aromatic carbocycles. The van der Waals surface area contributed by atoms with Crippen molar-refractivity contribution in [3.05, 3.63) is 134 Å². The molecular weight excluding hydrogens is 973 g/mol. The number of hydrogen-bond acceptors (Lipinski definition) is 6. The van der Waals surface area contributed by atoms with Crippen molar-refractivity contribution in [1.29, 1.82) is 0 Å². The number of allylic oxidation sites excluding steroid dienone is 22. The Kier molecular flexibility index (Phi) is 62.3. The van der Waals surface area contributed by atoms with Crippen LogP contribution in [0, 0.1) is 0 Å². The van der Waals surface area contributed by atoms with Crippen LogP contribution in [0.4, 0.5) is 0 Å². The summed E-state index contributed by atoms with van der Waals surface area (Å²) in [7, 11) is 0. The number of unbranched alkanes of at least 4 members (excludes halogenated alkanes) is 25. The van der Waals surface area contributed by atoms with E-state index in [-0.39, 0.29) is 31.1 Å². The topological polar surface area (TPSA) is 78.9 Å². The third-order valence-corrected chi connectivity index (χ3v) is 13.6. The number of rotatable bonds is 58.